The lowest BCUT2D eigenvalue weighted by Crippen LogP contribution is -2.48. The summed E-state index contributed by atoms with van der Waals surface area (Å²) >= 11 is 0. The van der Waals surface area contributed by atoms with Crippen LogP contribution in [0.4, 0.5) is 5.69 Å². The van der Waals surface area contributed by atoms with E-state index in [2.05, 4.69) is 15.0 Å². The average molecular weight is 467 g/mol. The van der Waals surface area contributed by atoms with E-state index in [4.69, 9.17) is 4.52 Å². The molecule has 3 aromatic rings. The third-order valence-electron chi connectivity index (χ3n) is 6.31. The van der Waals surface area contributed by atoms with E-state index in [0.29, 0.717) is 60.5 Å². The van der Waals surface area contributed by atoms with Crippen molar-refractivity contribution in [3.63, 3.8) is 0 Å². The zero-order chi connectivity index (χ0) is 23.2. The number of aromatic nitrogens is 2. The van der Waals surface area contributed by atoms with Gasteiger partial charge in [0.1, 0.15) is 0 Å². The van der Waals surface area contributed by atoms with Crippen molar-refractivity contribution < 1.29 is 17.7 Å². The quantitative estimate of drug-likeness (QED) is 0.512. The lowest BCUT2D eigenvalue weighted by Gasteiger charge is -2.35. The molecule has 2 aromatic carbocycles. The Morgan fingerprint density at radius 2 is 1.73 bits per heavy atom. The first-order chi connectivity index (χ1) is 15.8. The summed E-state index contributed by atoms with van der Waals surface area (Å²) in [5.41, 5.74) is 2.98. The zero-order valence-electron chi connectivity index (χ0n) is 18.7. The Morgan fingerprint density at radius 1 is 1.03 bits per heavy atom. The number of hydrogen-bond acceptors (Lipinski definition) is 7. The molecule has 5 rings (SSSR count). The maximum Gasteiger partial charge on any atom is 0.243 e. The highest BCUT2D eigenvalue weighted by Gasteiger charge is 2.32. The van der Waals surface area contributed by atoms with Crippen molar-refractivity contribution in [3.8, 4) is 11.4 Å². The molecular weight excluding hydrogens is 440 g/mol. The van der Waals surface area contributed by atoms with Gasteiger partial charge < -0.3 is 9.42 Å². The van der Waals surface area contributed by atoms with Crippen molar-refractivity contribution in [2.45, 2.75) is 37.5 Å². The normalized spacial score (nSPS) is 17.3. The highest BCUT2D eigenvalue weighted by molar-refractivity contribution is 7.89. The van der Waals surface area contributed by atoms with Gasteiger partial charge in [0, 0.05) is 48.9 Å². The van der Waals surface area contributed by atoms with E-state index in [1.807, 2.05) is 30.3 Å². The maximum atomic E-state index is 13.5. The summed E-state index contributed by atoms with van der Waals surface area (Å²) in [7, 11) is -3.67. The third-order valence-corrected chi connectivity index (χ3v) is 8.35. The molecule has 0 bridgehead atoms. The van der Waals surface area contributed by atoms with Crippen molar-refractivity contribution in [2.75, 3.05) is 31.1 Å². The van der Waals surface area contributed by atoms with Crippen LogP contribution in [0.1, 0.15) is 47.5 Å². The highest BCUT2D eigenvalue weighted by Crippen LogP contribution is 2.39. The molecule has 1 aliphatic heterocycles. The van der Waals surface area contributed by atoms with E-state index in [-0.39, 0.29) is 10.7 Å². The molecule has 0 radical (unpaired) electrons. The molecule has 9 heteroatoms. The predicted octanol–water partition coefficient (Wildman–Crippen LogP) is 3.64. The van der Waals surface area contributed by atoms with Gasteiger partial charge in [0.2, 0.25) is 21.7 Å². The number of Topliss-reactive ketones (excluding diaryl/α,β-unsaturated/α-hetero) is 1. The molecule has 1 saturated heterocycles. The topological polar surface area (TPSA) is 96.6 Å². The lowest BCUT2D eigenvalue weighted by atomic mass is 10.1. The largest absolute Gasteiger partial charge is 0.369 e. The number of aryl methyl sites for hydroxylation is 1. The number of benzene rings is 2. The van der Waals surface area contributed by atoms with Crippen LogP contribution in [0.3, 0.4) is 0 Å². The minimum absolute atomic E-state index is 0.0275. The fraction of sp³-hybridized carbons (Fsp3) is 0.375. The van der Waals surface area contributed by atoms with Crippen molar-refractivity contribution in [2.24, 2.45) is 0 Å². The Balaban J connectivity index is 1.33. The molecule has 1 aliphatic carbocycles. The van der Waals surface area contributed by atoms with E-state index in [1.54, 1.807) is 26.0 Å². The Hall–Kier alpha value is -3.04. The first kappa shape index (κ1) is 21.8. The molecule has 0 unspecified atom stereocenters. The fourth-order valence-corrected chi connectivity index (χ4v) is 5.77. The Morgan fingerprint density at radius 3 is 2.36 bits per heavy atom. The van der Waals surface area contributed by atoms with Crippen LogP contribution in [-0.4, -0.2) is 54.8 Å². The van der Waals surface area contributed by atoms with E-state index in [9.17, 15) is 13.2 Å². The number of carbonyl (C=O) groups excluding carboxylic acids is 1. The van der Waals surface area contributed by atoms with Crippen molar-refractivity contribution in [1.82, 2.24) is 14.4 Å². The van der Waals surface area contributed by atoms with Crippen LogP contribution in [-0.2, 0) is 10.0 Å². The van der Waals surface area contributed by atoms with Gasteiger partial charge in [0.15, 0.2) is 5.78 Å². The average Bonchev–Trinajstić information content (AvgIpc) is 3.56. The zero-order valence-corrected chi connectivity index (χ0v) is 19.5. The molecule has 2 aliphatic rings. The second-order valence-electron chi connectivity index (χ2n) is 8.70. The van der Waals surface area contributed by atoms with Crippen LogP contribution in [0.25, 0.3) is 11.4 Å². The molecule has 2 fully saturated rings. The van der Waals surface area contributed by atoms with Gasteiger partial charge in [-0.2, -0.15) is 9.29 Å². The Bertz CT molecular complexity index is 1290. The molecule has 8 nitrogen and oxygen atoms in total. The van der Waals surface area contributed by atoms with Gasteiger partial charge in [-0.25, -0.2) is 8.42 Å². The second-order valence-corrected chi connectivity index (χ2v) is 10.6. The van der Waals surface area contributed by atoms with Crippen LogP contribution < -0.4 is 4.90 Å². The summed E-state index contributed by atoms with van der Waals surface area (Å²) in [6.45, 7) is 5.26. The van der Waals surface area contributed by atoms with Crippen LogP contribution in [0.15, 0.2) is 51.9 Å². The van der Waals surface area contributed by atoms with Crippen LogP contribution in [0.5, 0.6) is 0 Å². The van der Waals surface area contributed by atoms with E-state index in [1.165, 1.54) is 4.31 Å². The molecule has 0 spiro atoms. The monoisotopic (exact) mass is 466 g/mol. The number of anilines is 1. The summed E-state index contributed by atoms with van der Waals surface area (Å²) in [5.74, 6) is 1.42. The number of rotatable bonds is 6. The number of ketones is 1. The highest BCUT2D eigenvalue weighted by atomic mass is 32.2. The molecule has 172 valence electrons. The van der Waals surface area contributed by atoms with E-state index < -0.39 is 10.0 Å². The summed E-state index contributed by atoms with van der Waals surface area (Å²) in [6.07, 6.45) is 2.12. The van der Waals surface area contributed by atoms with Gasteiger partial charge in [0.25, 0.3) is 0 Å². The number of sulfonamides is 1. The van der Waals surface area contributed by atoms with Crippen LogP contribution >= 0.6 is 0 Å². The molecule has 0 amide bonds. The molecule has 0 atom stereocenters. The first-order valence-electron chi connectivity index (χ1n) is 11.1. The summed E-state index contributed by atoms with van der Waals surface area (Å²) in [6, 6.07) is 12.7. The second kappa shape index (κ2) is 8.39. The summed E-state index contributed by atoms with van der Waals surface area (Å²) < 4.78 is 33.8. The Kier molecular flexibility index (Phi) is 5.54. The molecular formula is C24H26N4O4S. The fourth-order valence-electron chi connectivity index (χ4n) is 4.10. The van der Waals surface area contributed by atoms with Gasteiger partial charge in [-0.3, -0.25) is 4.79 Å². The minimum atomic E-state index is -3.67. The lowest BCUT2D eigenvalue weighted by molar-refractivity contribution is 0.101. The van der Waals surface area contributed by atoms with Crippen LogP contribution in [0.2, 0.25) is 0 Å². The smallest absolute Gasteiger partial charge is 0.243 e. The van der Waals surface area contributed by atoms with Gasteiger partial charge in [-0.15, -0.1) is 0 Å². The van der Waals surface area contributed by atoms with E-state index in [0.717, 1.165) is 18.5 Å². The standard InChI is InChI=1S/C24H26N4O4S/c1-16-3-4-20(23-25-24(32-26-23)19-5-6-19)15-22(16)33(30,31)28-13-11-27(12-14-28)21-9-7-18(8-10-21)17(2)29/h3-4,7-10,15,19H,5-6,11-14H2,1-2H3. The summed E-state index contributed by atoms with van der Waals surface area (Å²) in [5, 5.41) is 4.05. The Labute approximate surface area is 193 Å². The third kappa shape index (κ3) is 4.30. The first-order valence-corrected chi connectivity index (χ1v) is 12.6. The number of nitrogens with zero attached hydrogens (tertiary/aromatic N) is 4. The maximum absolute atomic E-state index is 13.5. The van der Waals surface area contributed by atoms with Gasteiger partial charge in [-0.1, -0.05) is 17.3 Å². The predicted molar refractivity (Wildman–Crippen MR) is 124 cm³/mol. The van der Waals surface area contributed by atoms with Gasteiger partial charge in [0.05, 0.1) is 4.90 Å². The van der Waals surface area contributed by atoms with Crippen molar-refractivity contribution >= 4 is 21.5 Å². The van der Waals surface area contributed by atoms with Gasteiger partial charge in [-0.05, 0) is 62.6 Å². The molecule has 2 heterocycles. The number of hydrogen-bond donors (Lipinski definition) is 0. The summed E-state index contributed by atoms with van der Waals surface area (Å²) in [4.78, 5) is 18.4. The van der Waals surface area contributed by atoms with Crippen molar-refractivity contribution in [1.29, 1.82) is 0 Å². The number of carbonyl (C=O) groups is 1. The molecule has 1 aromatic heterocycles. The molecule has 33 heavy (non-hydrogen) atoms. The van der Waals surface area contributed by atoms with E-state index >= 15 is 0 Å². The molecule has 0 N–H and O–H groups in total. The van der Waals surface area contributed by atoms with Crippen LogP contribution in [0, 0.1) is 6.92 Å². The van der Waals surface area contributed by atoms with Gasteiger partial charge >= 0.3 is 0 Å². The molecule has 1 saturated carbocycles. The van der Waals surface area contributed by atoms with Crippen molar-refractivity contribution in [3.05, 3.63) is 59.5 Å². The number of piperazine rings is 1. The minimum Gasteiger partial charge on any atom is -0.369 e. The SMILES string of the molecule is CC(=O)c1ccc(N2CCN(S(=O)(=O)c3cc(-c4noc(C5CC5)n4)ccc3C)CC2)cc1.